The SMILES string of the molecule is O=S(=O)(NCC1CCC(CNCc2ccc3c(c2)OCCO3)CC1)c1cccc2ccccc12. The van der Waals surface area contributed by atoms with E-state index < -0.39 is 10.0 Å². The third-order valence-electron chi connectivity index (χ3n) is 6.94. The number of ether oxygens (including phenoxy) is 2. The van der Waals surface area contributed by atoms with Crippen LogP contribution >= 0.6 is 0 Å². The monoisotopic (exact) mass is 480 g/mol. The molecule has 0 spiro atoms. The van der Waals surface area contributed by atoms with Gasteiger partial charge < -0.3 is 14.8 Å². The summed E-state index contributed by atoms with van der Waals surface area (Å²) in [7, 11) is -3.53. The molecule has 34 heavy (non-hydrogen) atoms. The highest BCUT2D eigenvalue weighted by Gasteiger charge is 2.24. The fourth-order valence-corrected chi connectivity index (χ4v) is 6.34. The minimum absolute atomic E-state index is 0.364. The number of hydrogen-bond acceptors (Lipinski definition) is 5. The first-order valence-corrected chi connectivity index (χ1v) is 13.6. The normalized spacial score (nSPS) is 20.4. The Balaban J connectivity index is 1.07. The molecule has 2 N–H and O–H groups in total. The van der Waals surface area contributed by atoms with Crippen molar-refractivity contribution in [1.29, 1.82) is 0 Å². The smallest absolute Gasteiger partial charge is 0.241 e. The maximum atomic E-state index is 13.0. The summed E-state index contributed by atoms with van der Waals surface area (Å²) >= 11 is 0. The number of hydrogen-bond donors (Lipinski definition) is 2. The van der Waals surface area contributed by atoms with Crippen LogP contribution in [0.5, 0.6) is 11.5 Å². The number of sulfonamides is 1. The largest absolute Gasteiger partial charge is 0.486 e. The fourth-order valence-electron chi connectivity index (χ4n) is 4.99. The van der Waals surface area contributed by atoms with Crippen molar-refractivity contribution < 1.29 is 17.9 Å². The van der Waals surface area contributed by atoms with Crippen LogP contribution in [0.25, 0.3) is 10.8 Å². The second kappa shape index (κ2) is 10.3. The van der Waals surface area contributed by atoms with Gasteiger partial charge in [0.25, 0.3) is 0 Å². The molecule has 3 aromatic rings. The predicted molar refractivity (Wildman–Crippen MR) is 134 cm³/mol. The molecule has 0 radical (unpaired) electrons. The van der Waals surface area contributed by atoms with Gasteiger partial charge >= 0.3 is 0 Å². The number of fused-ring (bicyclic) bond motifs is 2. The van der Waals surface area contributed by atoms with Gasteiger partial charge in [0, 0.05) is 18.5 Å². The van der Waals surface area contributed by atoms with Crippen molar-refractivity contribution in [2.24, 2.45) is 11.8 Å². The van der Waals surface area contributed by atoms with E-state index in [1.807, 2.05) is 36.4 Å². The Kier molecular flexibility index (Phi) is 7.04. The van der Waals surface area contributed by atoms with E-state index in [1.165, 1.54) is 5.56 Å². The van der Waals surface area contributed by atoms with Gasteiger partial charge in [-0.2, -0.15) is 0 Å². The first-order chi connectivity index (χ1) is 16.6. The highest BCUT2D eigenvalue weighted by Crippen LogP contribution is 2.31. The summed E-state index contributed by atoms with van der Waals surface area (Å²) in [5.41, 5.74) is 1.20. The predicted octanol–water partition coefficient (Wildman–Crippen LogP) is 4.49. The van der Waals surface area contributed by atoms with Gasteiger partial charge in [-0.05, 0) is 73.2 Å². The topological polar surface area (TPSA) is 76.7 Å². The number of nitrogens with one attached hydrogen (secondary N) is 2. The van der Waals surface area contributed by atoms with Crippen LogP contribution in [-0.4, -0.2) is 34.7 Å². The fraction of sp³-hybridized carbons (Fsp3) is 0.407. The van der Waals surface area contributed by atoms with E-state index in [0.29, 0.717) is 36.5 Å². The van der Waals surface area contributed by atoms with Crippen LogP contribution in [-0.2, 0) is 16.6 Å². The van der Waals surface area contributed by atoms with Gasteiger partial charge in [-0.3, -0.25) is 0 Å². The summed E-state index contributed by atoms with van der Waals surface area (Å²) in [5.74, 6) is 2.67. The second-order valence-corrected chi connectivity index (χ2v) is 11.1. The van der Waals surface area contributed by atoms with Crippen LogP contribution in [0.15, 0.2) is 65.6 Å². The molecular weight excluding hydrogens is 448 g/mol. The van der Waals surface area contributed by atoms with Gasteiger partial charge in [-0.15, -0.1) is 0 Å². The van der Waals surface area contributed by atoms with Crippen molar-refractivity contribution in [1.82, 2.24) is 10.0 Å². The van der Waals surface area contributed by atoms with E-state index in [4.69, 9.17) is 9.47 Å². The van der Waals surface area contributed by atoms with E-state index in [0.717, 1.165) is 61.0 Å². The Hall–Kier alpha value is -2.61. The lowest BCUT2D eigenvalue weighted by atomic mass is 9.82. The highest BCUT2D eigenvalue weighted by atomic mass is 32.2. The summed E-state index contributed by atoms with van der Waals surface area (Å²) in [6.45, 7) is 3.50. The lowest BCUT2D eigenvalue weighted by Crippen LogP contribution is -2.33. The summed E-state index contributed by atoms with van der Waals surface area (Å²) in [5, 5.41) is 5.29. The molecular formula is C27H32N2O4S. The van der Waals surface area contributed by atoms with Gasteiger partial charge in [0.2, 0.25) is 10.0 Å². The molecule has 2 aliphatic rings. The van der Waals surface area contributed by atoms with Crippen LogP contribution in [0.2, 0.25) is 0 Å². The molecule has 0 amide bonds. The first-order valence-electron chi connectivity index (χ1n) is 12.2. The van der Waals surface area contributed by atoms with Crippen molar-refractivity contribution in [3.63, 3.8) is 0 Å². The standard InChI is InChI=1S/C27H32N2O4S/c30-34(31,27-7-3-5-23-4-1-2-6-24(23)27)29-19-21-10-8-20(9-11-21)17-28-18-22-12-13-25-26(16-22)33-15-14-32-25/h1-7,12-13,16,20-21,28-29H,8-11,14-15,17-19H2. The van der Waals surface area contributed by atoms with E-state index in [2.05, 4.69) is 22.2 Å². The van der Waals surface area contributed by atoms with Gasteiger partial charge in [-0.25, -0.2) is 13.1 Å². The molecule has 1 fully saturated rings. The first kappa shape index (κ1) is 23.1. The molecule has 5 rings (SSSR count). The molecule has 0 bridgehead atoms. The van der Waals surface area contributed by atoms with Crippen LogP contribution in [0, 0.1) is 11.8 Å². The molecule has 6 nitrogen and oxygen atoms in total. The molecule has 7 heteroatoms. The summed E-state index contributed by atoms with van der Waals surface area (Å²) in [6, 6.07) is 19.2. The van der Waals surface area contributed by atoms with E-state index in [1.54, 1.807) is 12.1 Å². The molecule has 1 heterocycles. The van der Waals surface area contributed by atoms with Crippen LogP contribution in [0.4, 0.5) is 0 Å². The molecule has 1 aliphatic carbocycles. The van der Waals surface area contributed by atoms with E-state index in [-0.39, 0.29) is 0 Å². The van der Waals surface area contributed by atoms with Crippen molar-refractivity contribution in [2.75, 3.05) is 26.3 Å². The molecule has 3 aromatic carbocycles. The minimum Gasteiger partial charge on any atom is -0.486 e. The van der Waals surface area contributed by atoms with Crippen molar-refractivity contribution in [2.45, 2.75) is 37.1 Å². The Labute approximate surface area is 201 Å². The van der Waals surface area contributed by atoms with Gasteiger partial charge in [0.1, 0.15) is 13.2 Å². The lowest BCUT2D eigenvalue weighted by Gasteiger charge is -2.29. The Morgan fingerprint density at radius 1 is 0.794 bits per heavy atom. The van der Waals surface area contributed by atoms with Crippen molar-refractivity contribution in [3.05, 3.63) is 66.2 Å². The third-order valence-corrected chi connectivity index (χ3v) is 8.42. The van der Waals surface area contributed by atoms with Crippen LogP contribution in [0.3, 0.4) is 0 Å². The molecule has 1 aliphatic heterocycles. The molecule has 0 saturated heterocycles. The zero-order valence-electron chi connectivity index (χ0n) is 19.3. The van der Waals surface area contributed by atoms with Crippen molar-refractivity contribution >= 4 is 20.8 Å². The quantitative estimate of drug-likeness (QED) is 0.497. The van der Waals surface area contributed by atoms with Gasteiger partial charge in [0.05, 0.1) is 4.90 Å². The minimum atomic E-state index is -3.53. The molecule has 180 valence electrons. The lowest BCUT2D eigenvalue weighted by molar-refractivity contribution is 0.171. The van der Waals surface area contributed by atoms with Crippen LogP contribution < -0.4 is 19.5 Å². The Morgan fingerprint density at radius 3 is 2.32 bits per heavy atom. The summed E-state index contributed by atoms with van der Waals surface area (Å²) in [6.07, 6.45) is 4.34. The zero-order chi connectivity index (χ0) is 23.4. The molecule has 0 aromatic heterocycles. The average Bonchev–Trinajstić information content (AvgIpc) is 2.88. The Morgan fingerprint density at radius 2 is 1.50 bits per heavy atom. The Bertz CT molecular complexity index is 1230. The summed E-state index contributed by atoms with van der Waals surface area (Å²) < 4.78 is 40.1. The maximum Gasteiger partial charge on any atom is 0.241 e. The third kappa shape index (κ3) is 5.37. The maximum absolute atomic E-state index is 13.0. The molecule has 0 atom stereocenters. The van der Waals surface area contributed by atoms with Crippen molar-refractivity contribution in [3.8, 4) is 11.5 Å². The highest BCUT2D eigenvalue weighted by molar-refractivity contribution is 7.89. The van der Waals surface area contributed by atoms with E-state index >= 15 is 0 Å². The number of benzene rings is 3. The number of rotatable bonds is 8. The molecule has 0 unspecified atom stereocenters. The molecule has 1 saturated carbocycles. The van der Waals surface area contributed by atoms with E-state index in [9.17, 15) is 8.42 Å². The zero-order valence-corrected chi connectivity index (χ0v) is 20.1. The summed E-state index contributed by atoms with van der Waals surface area (Å²) in [4.78, 5) is 0.364. The second-order valence-electron chi connectivity index (χ2n) is 9.32. The van der Waals surface area contributed by atoms with Gasteiger partial charge in [-0.1, -0.05) is 42.5 Å². The average molecular weight is 481 g/mol. The van der Waals surface area contributed by atoms with Gasteiger partial charge in [0.15, 0.2) is 11.5 Å². The van der Waals surface area contributed by atoms with Crippen LogP contribution in [0.1, 0.15) is 31.2 Å².